The molecule has 0 heterocycles. The number of sulfone groups is 1. The molecule has 122 valence electrons. The fourth-order valence-electron chi connectivity index (χ4n) is 2.01. The lowest BCUT2D eigenvalue weighted by molar-refractivity contribution is 0.248. The van der Waals surface area contributed by atoms with Crippen LogP contribution in [0.4, 0.5) is 13.6 Å². The third-order valence-corrected chi connectivity index (χ3v) is 5.12. The van der Waals surface area contributed by atoms with Crippen molar-refractivity contribution in [1.29, 1.82) is 0 Å². The minimum atomic E-state index is -4.10. The van der Waals surface area contributed by atoms with E-state index in [0.717, 1.165) is 17.7 Å². The molecule has 0 aliphatic rings. The van der Waals surface area contributed by atoms with Crippen LogP contribution in [0, 0.1) is 18.6 Å². The first kappa shape index (κ1) is 16.9. The molecule has 0 radical (unpaired) electrons. The topological polar surface area (TPSA) is 89.3 Å². The molecule has 0 aromatic heterocycles. The Labute approximate surface area is 132 Å². The molecule has 0 saturated carbocycles. The minimum absolute atomic E-state index is 0.0772. The molecule has 1 atom stereocenters. The maximum Gasteiger partial charge on any atom is 0.313 e. The van der Waals surface area contributed by atoms with Crippen molar-refractivity contribution in [2.24, 2.45) is 5.73 Å². The van der Waals surface area contributed by atoms with E-state index in [1.54, 1.807) is 19.1 Å². The van der Waals surface area contributed by atoms with Gasteiger partial charge < -0.3 is 11.1 Å². The highest BCUT2D eigenvalue weighted by atomic mass is 32.2. The Morgan fingerprint density at radius 1 is 1.09 bits per heavy atom. The number of hydrogen-bond donors (Lipinski definition) is 2. The second kappa shape index (κ2) is 6.33. The van der Waals surface area contributed by atoms with Gasteiger partial charge in [-0.2, -0.15) is 0 Å². The average molecular weight is 340 g/mol. The van der Waals surface area contributed by atoms with Crippen LogP contribution in [0.15, 0.2) is 47.4 Å². The van der Waals surface area contributed by atoms with Gasteiger partial charge in [0.25, 0.3) is 0 Å². The third-order valence-electron chi connectivity index (χ3n) is 3.18. The van der Waals surface area contributed by atoms with Crippen molar-refractivity contribution in [3.05, 3.63) is 65.2 Å². The van der Waals surface area contributed by atoms with E-state index in [9.17, 15) is 22.0 Å². The lowest BCUT2D eigenvalue weighted by Gasteiger charge is -2.19. The van der Waals surface area contributed by atoms with Crippen LogP contribution in [0.5, 0.6) is 0 Å². The quantitative estimate of drug-likeness (QED) is 0.896. The monoisotopic (exact) mass is 340 g/mol. The normalized spacial score (nSPS) is 12.7. The first-order chi connectivity index (χ1) is 10.7. The van der Waals surface area contributed by atoms with Gasteiger partial charge in [0.2, 0.25) is 9.84 Å². The van der Waals surface area contributed by atoms with Crippen molar-refractivity contribution >= 4 is 15.9 Å². The molecule has 0 spiro atoms. The predicted molar refractivity (Wildman–Crippen MR) is 80.2 cm³/mol. The van der Waals surface area contributed by atoms with Crippen LogP contribution in [-0.2, 0) is 9.84 Å². The summed E-state index contributed by atoms with van der Waals surface area (Å²) in [5, 5.41) is 0.431. The lowest BCUT2D eigenvalue weighted by atomic mass is 10.2. The summed E-state index contributed by atoms with van der Waals surface area (Å²) in [7, 11) is -4.10. The van der Waals surface area contributed by atoms with Gasteiger partial charge in [-0.15, -0.1) is 0 Å². The number of benzene rings is 2. The number of aryl methyl sites for hydroxylation is 1. The molecule has 0 fully saturated rings. The van der Waals surface area contributed by atoms with E-state index >= 15 is 0 Å². The Balaban J connectivity index is 2.55. The van der Waals surface area contributed by atoms with E-state index in [1.807, 2.05) is 0 Å². The lowest BCUT2D eigenvalue weighted by Crippen LogP contribution is -2.37. The van der Waals surface area contributed by atoms with Crippen LogP contribution < -0.4 is 11.1 Å². The summed E-state index contributed by atoms with van der Waals surface area (Å²) in [6.07, 6.45) is 0. The second-order valence-electron chi connectivity index (χ2n) is 4.92. The van der Waals surface area contributed by atoms with E-state index in [1.165, 1.54) is 12.1 Å². The molecule has 0 saturated heterocycles. The number of halogens is 2. The van der Waals surface area contributed by atoms with Gasteiger partial charge in [-0.1, -0.05) is 23.8 Å². The van der Waals surface area contributed by atoms with Gasteiger partial charge >= 0.3 is 6.03 Å². The van der Waals surface area contributed by atoms with Crippen LogP contribution in [-0.4, -0.2) is 14.4 Å². The zero-order valence-electron chi connectivity index (χ0n) is 12.1. The summed E-state index contributed by atoms with van der Waals surface area (Å²) in [6.45, 7) is 1.78. The van der Waals surface area contributed by atoms with Gasteiger partial charge in [0.15, 0.2) is 17.0 Å². The number of carbonyl (C=O) groups excluding carboxylic acids is 1. The molecule has 3 N–H and O–H groups in total. The predicted octanol–water partition coefficient (Wildman–Crippen LogP) is 2.41. The molecule has 0 aliphatic carbocycles. The summed E-state index contributed by atoms with van der Waals surface area (Å²) >= 11 is 0. The fraction of sp³-hybridized carbons (Fsp3) is 0.133. The van der Waals surface area contributed by atoms with Gasteiger partial charge in [0.1, 0.15) is 0 Å². The molecule has 23 heavy (non-hydrogen) atoms. The maximum atomic E-state index is 13.4. The number of hydrogen-bond acceptors (Lipinski definition) is 3. The smallest absolute Gasteiger partial charge is 0.313 e. The molecule has 2 rings (SSSR count). The van der Waals surface area contributed by atoms with Gasteiger partial charge in [-0.05, 0) is 36.8 Å². The Morgan fingerprint density at radius 3 is 2.22 bits per heavy atom. The molecular weight excluding hydrogens is 326 g/mol. The summed E-state index contributed by atoms with van der Waals surface area (Å²) in [6, 6.07) is 7.35. The summed E-state index contributed by atoms with van der Waals surface area (Å²) in [5.74, 6) is -2.35. The first-order valence-electron chi connectivity index (χ1n) is 6.53. The summed E-state index contributed by atoms with van der Waals surface area (Å²) in [4.78, 5) is 11.1. The van der Waals surface area contributed by atoms with E-state index in [4.69, 9.17) is 5.73 Å². The average Bonchev–Trinajstić information content (AvgIpc) is 2.48. The van der Waals surface area contributed by atoms with Gasteiger partial charge in [-0.25, -0.2) is 22.0 Å². The van der Waals surface area contributed by atoms with E-state index < -0.39 is 32.9 Å². The van der Waals surface area contributed by atoms with Gasteiger partial charge in [0.05, 0.1) is 4.90 Å². The first-order valence-corrected chi connectivity index (χ1v) is 8.08. The number of primary amides is 1. The molecule has 8 heteroatoms. The minimum Gasteiger partial charge on any atom is -0.352 e. The Hall–Kier alpha value is -2.48. The molecule has 1 unspecified atom stereocenters. The van der Waals surface area contributed by atoms with Crippen LogP contribution in [0.25, 0.3) is 0 Å². The van der Waals surface area contributed by atoms with Crippen molar-refractivity contribution in [3.63, 3.8) is 0 Å². The van der Waals surface area contributed by atoms with Crippen molar-refractivity contribution < 1.29 is 22.0 Å². The van der Waals surface area contributed by atoms with E-state index in [2.05, 4.69) is 5.32 Å². The highest BCUT2D eigenvalue weighted by Gasteiger charge is 2.30. The highest BCUT2D eigenvalue weighted by Crippen LogP contribution is 2.28. The Morgan fingerprint density at radius 2 is 1.70 bits per heavy atom. The fourth-order valence-corrected chi connectivity index (χ4v) is 3.57. The zero-order valence-corrected chi connectivity index (χ0v) is 12.9. The number of rotatable bonds is 4. The van der Waals surface area contributed by atoms with E-state index in [0.29, 0.717) is 6.07 Å². The molecule has 2 amide bonds. The molecule has 2 aromatic carbocycles. The number of amides is 2. The number of carbonyl (C=O) groups is 1. The van der Waals surface area contributed by atoms with Crippen molar-refractivity contribution in [2.75, 3.05) is 0 Å². The summed E-state index contributed by atoms with van der Waals surface area (Å²) < 4.78 is 51.8. The highest BCUT2D eigenvalue weighted by molar-refractivity contribution is 7.91. The number of nitrogens with one attached hydrogen (secondary N) is 1. The van der Waals surface area contributed by atoms with Gasteiger partial charge in [-0.3, -0.25) is 0 Å². The SMILES string of the molecule is Cc1ccc(S(=O)(=O)C(NC(N)=O)c2ccc(F)c(F)c2)cc1. The van der Waals surface area contributed by atoms with Crippen LogP contribution in [0.3, 0.4) is 0 Å². The number of urea groups is 1. The molecule has 2 aromatic rings. The van der Waals surface area contributed by atoms with Crippen LogP contribution in [0.1, 0.15) is 16.5 Å². The van der Waals surface area contributed by atoms with Crippen LogP contribution >= 0.6 is 0 Å². The largest absolute Gasteiger partial charge is 0.352 e. The summed E-state index contributed by atoms with van der Waals surface area (Å²) in [5.41, 5.74) is 5.72. The van der Waals surface area contributed by atoms with Crippen molar-refractivity contribution in [1.82, 2.24) is 5.32 Å². The molecule has 5 nitrogen and oxygen atoms in total. The van der Waals surface area contributed by atoms with Crippen molar-refractivity contribution in [3.8, 4) is 0 Å². The molecule has 0 bridgehead atoms. The van der Waals surface area contributed by atoms with E-state index in [-0.39, 0.29) is 10.5 Å². The van der Waals surface area contributed by atoms with Gasteiger partial charge in [0, 0.05) is 0 Å². The second-order valence-corrected chi connectivity index (χ2v) is 6.95. The maximum absolute atomic E-state index is 13.4. The third kappa shape index (κ3) is 3.65. The Bertz CT molecular complexity index is 836. The zero-order chi connectivity index (χ0) is 17.2. The number of nitrogens with two attached hydrogens (primary N) is 1. The van der Waals surface area contributed by atoms with Crippen molar-refractivity contribution in [2.45, 2.75) is 17.2 Å². The molecule has 0 aliphatic heterocycles. The Kier molecular flexibility index (Phi) is 4.65. The van der Waals surface area contributed by atoms with Crippen LogP contribution in [0.2, 0.25) is 0 Å². The molecular formula is C15H14F2N2O3S. The standard InChI is InChI=1S/C15H14F2N2O3S/c1-9-2-5-11(6-3-9)23(21,22)14(19-15(18)20)10-4-7-12(16)13(17)8-10/h2-8,14H,1H3,(H3,18,19,20).